The van der Waals surface area contributed by atoms with Crippen molar-refractivity contribution in [3.05, 3.63) is 45.3 Å². The summed E-state index contributed by atoms with van der Waals surface area (Å²) in [4.78, 5) is -0.660. The highest BCUT2D eigenvalue weighted by Crippen LogP contribution is 2.37. The summed E-state index contributed by atoms with van der Waals surface area (Å²) < 4.78 is 38.6. The molecule has 0 atom stereocenters. The Morgan fingerprint density at radius 1 is 1.23 bits per heavy atom. The van der Waals surface area contributed by atoms with E-state index in [-0.39, 0.29) is 21.5 Å². The van der Waals surface area contributed by atoms with Crippen molar-refractivity contribution in [3.63, 3.8) is 0 Å². The Labute approximate surface area is 166 Å². The Bertz CT molecular complexity index is 1100. The van der Waals surface area contributed by atoms with Gasteiger partial charge in [-0.3, -0.25) is 0 Å². The number of anilines is 2. The SMILES string of the molecule is Cc1cc(I)ccc1Nc1cc(F)c(S(N)(=O)=O)cc1-c1nnc(O)s1. The lowest BCUT2D eigenvalue weighted by Crippen LogP contribution is -2.14. The van der Waals surface area contributed by atoms with Gasteiger partial charge in [0.05, 0.1) is 5.69 Å². The highest BCUT2D eigenvalue weighted by atomic mass is 127. The smallest absolute Gasteiger partial charge is 0.291 e. The van der Waals surface area contributed by atoms with Crippen LogP contribution in [0.4, 0.5) is 15.8 Å². The van der Waals surface area contributed by atoms with Crippen LogP contribution in [0.2, 0.25) is 0 Å². The number of halogens is 2. The number of aryl methyl sites for hydroxylation is 1. The minimum Gasteiger partial charge on any atom is -0.485 e. The van der Waals surface area contributed by atoms with E-state index in [0.29, 0.717) is 5.69 Å². The van der Waals surface area contributed by atoms with Gasteiger partial charge < -0.3 is 10.4 Å². The molecule has 0 aliphatic carbocycles. The fourth-order valence-corrected chi connectivity index (χ4v) is 4.16. The molecule has 26 heavy (non-hydrogen) atoms. The van der Waals surface area contributed by atoms with E-state index in [2.05, 4.69) is 38.1 Å². The molecule has 0 unspecified atom stereocenters. The molecule has 0 saturated carbocycles. The quantitative estimate of drug-likeness (QED) is 0.468. The molecule has 2 aromatic carbocycles. The summed E-state index contributed by atoms with van der Waals surface area (Å²) >= 11 is 3.01. The van der Waals surface area contributed by atoms with Gasteiger partial charge in [-0.1, -0.05) is 16.4 Å². The zero-order valence-corrected chi connectivity index (χ0v) is 17.0. The number of benzene rings is 2. The van der Waals surface area contributed by atoms with Crippen LogP contribution >= 0.6 is 33.9 Å². The summed E-state index contributed by atoms with van der Waals surface area (Å²) in [7, 11) is -4.27. The van der Waals surface area contributed by atoms with Crippen molar-refractivity contribution in [1.29, 1.82) is 0 Å². The van der Waals surface area contributed by atoms with Gasteiger partial charge in [0, 0.05) is 14.8 Å². The van der Waals surface area contributed by atoms with Crippen LogP contribution in [0, 0.1) is 16.3 Å². The molecular weight excluding hydrogens is 494 g/mol. The van der Waals surface area contributed by atoms with E-state index < -0.39 is 20.7 Å². The van der Waals surface area contributed by atoms with Crippen LogP contribution in [0.3, 0.4) is 0 Å². The second-order valence-electron chi connectivity index (χ2n) is 5.35. The number of aromatic hydroxyl groups is 1. The van der Waals surface area contributed by atoms with Crippen molar-refractivity contribution < 1.29 is 17.9 Å². The number of hydrogen-bond donors (Lipinski definition) is 3. The average Bonchev–Trinajstić information content (AvgIpc) is 2.95. The van der Waals surface area contributed by atoms with E-state index in [1.165, 1.54) is 0 Å². The molecule has 0 bridgehead atoms. The third kappa shape index (κ3) is 3.95. The number of nitrogens with one attached hydrogen (secondary N) is 1. The summed E-state index contributed by atoms with van der Waals surface area (Å²) in [6, 6.07) is 7.75. The minimum atomic E-state index is -4.27. The Morgan fingerprint density at radius 3 is 2.54 bits per heavy atom. The number of sulfonamides is 1. The largest absolute Gasteiger partial charge is 0.485 e. The Balaban J connectivity index is 2.18. The maximum Gasteiger partial charge on any atom is 0.291 e. The van der Waals surface area contributed by atoms with Crippen LogP contribution in [0.5, 0.6) is 5.19 Å². The molecule has 0 amide bonds. The van der Waals surface area contributed by atoms with E-state index in [1.807, 2.05) is 25.1 Å². The molecule has 4 N–H and O–H groups in total. The van der Waals surface area contributed by atoms with Crippen LogP contribution in [-0.2, 0) is 10.0 Å². The fourth-order valence-electron chi connectivity index (χ4n) is 2.29. The second-order valence-corrected chi connectivity index (χ2v) is 9.08. The maximum absolute atomic E-state index is 14.3. The molecule has 0 fully saturated rings. The van der Waals surface area contributed by atoms with Gasteiger partial charge in [-0.15, -0.1) is 5.10 Å². The summed E-state index contributed by atoms with van der Waals surface area (Å²) in [5, 5.41) is 24.8. The molecule has 0 spiro atoms. The standard InChI is InChI=1S/C15H12FIN4O3S2/c1-7-4-8(17)2-3-11(7)19-12-6-10(16)13(26(18,23)24)5-9(12)14-20-21-15(22)25-14/h2-6,19H,1H3,(H,21,22)(H2,18,23,24). The topological polar surface area (TPSA) is 118 Å². The minimum absolute atomic E-state index is 0.220. The lowest BCUT2D eigenvalue weighted by molar-refractivity contribution is 0.465. The van der Waals surface area contributed by atoms with E-state index >= 15 is 0 Å². The highest BCUT2D eigenvalue weighted by Gasteiger charge is 2.21. The van der Waals surface area contributed by atoms with Crippen LogP contribution in [0.1, 0.15) is 5.56 Å². The van der Waals surface area contributed by atoms with Crippen molar-refractivity contribution in [2.24, 2.45) is 5.14 Å². The number of nitrogens with zero attached hydrogens (tertiary/aromatic N) is 2. The summed E-state index contributed by atoms with van der Waals surface area (Å²) in [5.41, 5.74) is 2.16. The van der Waals surface area contributed by atoms with Crippen molar-refractivity contribution >= 4 is 55.3 Å². The van der Waals surface area contributed by atoms with E-state index in [0.717, 1.165) is 32.6 Å². The highest BCUT2D eigenvalue weighted by molar-refractivity contribution is 14.1. The second kappa shape index (κ2) is 7.06. The van der Waals surface area contributed by atoms with Gasteiger partial charge in [0.1, 0.15) is 10.7 Å². The molecule has 3 rings (SSSR count). The molecule has 1 heterocycles. The molecular formula is C15H12FIN4O3S2. The molecule has 136 valence electrons. The van der Waals surface area contributed by atoms with E-state index in [9.17, 15) is 17.9 Å². The average molecular weight is 506 g/mol. The first kappa shape index (κ1) is 18.9. The third-order valence-corrected chi connectivity index (χ3v) is 5.84. The number of primary sulfonamides is 1. The zero-order chi connectivity index (χ0) is 19.1. The Kier molecular flexibility index (Phi) is 5.14. The van der Waals surface area contributed by atoms with Gasteiger partial charge >= 0.3 is 0 Å². The monoisotopic (exact) mass is 506 g/mol. The fraction of sp³-hybridized carbons (Fsp3) is 0.0667. The first-order chi connectivity index (χ1) is 12.1. The molecule has 11 heteroatoms. The first-order valence-electron chi connectivity index (χ1n) is 7.07. The Morgan fingerprint density at radius 2 is 1.96 bits per heavy atom. The molecule has 3 aromatic rings. The summed E-state index contributed by atoms with van der Waals surface area (Å²) in [6.45, 7) is 1.88. The lowest BCUT2D eigenvalue weighted by atomic mass is 10.1. The van der Waals surface area contributed by atoms with Crippen LogP contribution in [0.15, 0.2) is 35.2 Å². The van der Waals surface area contributed by atoms with Gasteiger partial charge in [0.25, 0.3) is 5.19 Å². The van der Waals surface area contributed by atoms with E-state index in [1.54, 1.807) is 0 Å². The number of rotatable bonds is 4. The normalized spacial score (nSPS) is 11.5. The lowest BCUT2D eigenvalue weighted by Gasteiger charge is -2.14. The van der Waals surface area contributed by atoms with E-state index in [4.69, 9.17) is 5.14 Å². The molecule has 0 radical (unpaired) electrons. The van der Waals surface area contributed by atoms with Crippen LogP contribution < -0.4 is 10.5 Å². The predicted molar refractivity (Wildman–Crippen MR) is 106 cm³/mol. The maximum atomic E-state index is 14.3. The van der Waals surface area contributed by atoms with Gasteiger partial charge in [0.15, 0.2) is 5.01 Å². The first-order valence-corrected chi connectivity index (χ1v) is 10.5. The number of hydrogen-bond acceptors (Lipinski definition) is 7. The molecule has 0 aliphatic heterocycles. The molecule has 0 saturated heterocycles. The number of nitrogens with two attached hydrogens (primary N) is 1. The van der Waals surface area contributed by atoms with Crippen molar-refractivity contribution in [1.82, 2.24) is 10.2 Å². The van der Waals surface area contributed by atoms with Gasteiger partial charge in [0.2, 0.25) is 10.0 Å². The summed E-state index contributed by atoms with van der Waals surface area (Å²) in [5.74, 6) is -0.990. The van der Waals surface area contributed by atoms with Crippen molar-refractivity contribution in [3.8, 4) is 15.8 Å². The third-order valence-electron chi connectivity index (χ3n) is 3.48. The van der Waals surface area contributed by atoms with Gasteiger partial charge in [-0.25, -0.2) is 17.9 Å². The summed E-state index contributed by atoms with van der Waals surface area (Å²) in [6.07, 6.45) is 0. The van der Waals surface area contributed by atoms with Gasteiger partial charge in [-0.2, -0.15) is 0 Å². The van der Waals surface area contributed by atoms with Crippen LogP contribution in [-0.4, -0.2) is 23.7 Å². The molecule has 7 nitrogen and oxygen atoms in total. The zero-order valence-electron chi connectivity index (χ0n) is 13.2. The predicted octanol–water partition coefficient (Wildman–Crippen LogP) is 3.35. The molecule has 1 aromatic heterocycles. The number of aromatic nitrogens is 2. The van der Waals surface area contributed by atoms with Crippen molar-refractivity contribution in [2.75, 3.05) is 5.32 Å². The van der Waals surface area contributed by atoms with Crippen LogP contribution in [0.25, 0.3) is 10.6 Å². The molecule has 0 aliphatic rings. The van der Waals surface area contributed by atoms with Crippen molar-refractivity contribution in [2.45, 2.75) is 11.8 Å². The van der Waals surface area contributed by atoms with Gasteiger partial charge in [-0.05, 0) is 65.4 Å². The Hall–Kier alpha value is -1.83.